The van der Waals surface area contributed by atoms with Gasteiger partial charge in [0.25, 0.3) is 0 Å². The van der Waals surface area contributed by atoms with Crippen LogP contribution in [0.3, 0.4) is 0 Å². The molecular formula is C9H12N4O3. The molecular weight excluding hydrogens is 212 g/mol. The van der Waals surface area contributed by atoms with Crippen LogP contribution in [0.1, 0.15) is 25.1 Å². The Bertz CT molecular complexity index is 397. The van der Waals surface area contributed by atoms with Crippen LogP contribution in [0, 0.1) is 5.41 Å². The zero-order valence-electron chi connectivity index (χ0n) is 8.56. The zero-order chi connectivity index (χ0) is 11.6. The average molecular weight is 224 g/mol. The monoisotopic (exact) mass is 224 g/mol. The van der Waals surface area contributed by atoms with Gasteiger partial charge in [0.15, 0.2) is 0 Å². The smallest absolute Gasteiger partial charge is 0.319 e. The fourth-order valence-corrected chi connectivity index (χ4v) is 1.72. The summed E-state index contributed by atoms with van der Waals surface area (Å²) in [6, 6.07) is 0. The second-order valence-corrected chi connectivity index (χ2v) is 3.86. The SMILES string of the molecule is O=C(O)C1(C(=O)NCc2ncn[nH]2)CCC1. The highest BCUT2D eigenvalue weighted by molar-refractivity contribution is 6.02. The number of nitrogens with one attached hydrogen (secondary N) is 2. The van der Waals surface area contributed by atoms with E-state index in [0.29, 0.717) is 18.7 Å². The van der Waals surface area contributed by atoms with E-state index in [2.05, 4.69) is 20.5 Å². The van der Waals surface area contributed by atoms with Crippen molar-refractivity contribution in [2.45, 2.75) is 25.8 Å². The third kappa shape index (κ3) is 1.64. The summed E-state index contributed by atoms with van der Waals surface area (Å²) < 4.78 is 0. The van der Waals surface area contributed by atoms with E-state index in [1.807, 2.05) is 0 Å². The summed E-state index contributed by atoms with van der Waals surface area (Å²) in [4.78, 5) is 26.6. The van der Waals surface area contributed by atoms with Crippen LogP contribution in [0.25, 0.3) is 0 Å². The fraction of sp³-hybridized carbons (Fsp3) is 0.556. The first-order valence-electron chi connectivity index (χ1n) is 5.01. The summed E-state index contributed by atoms with van der Waals surface area (Å²) in [5.41, 5.74) is -1.22. The summed E-state index contributed by atoms with van der Waals surface area (Å²) in [5.74, 6) is -0.982. The standard InChI is InChI=1S/C9H12N4O3/c14-7(9(8(15)16)2-1-3-9)10-4-6-11-5-12-13-6/h5H,1-4H2,(H,10,14)(H,15,16)(H,11,12,13). The Balaban J connectivity index is 1.95. The van der Waals surface area contributed by atoms with E-state index in [0.717, 1.165) is 6.42 Å². The van der Waals surface area contributed by atoms with Crippen molar-refractivity contribution < 1.29 is 14.7 Å². The minimum Gasteiger partial charge on any atom is -0.480 e. The molecule has 0 aromatic carbocycles. The Kier molecular flexibility index (Phi) is 2.59. The highest BCUT2D eigenvalue weighted by Crippen LogP contribution is 2.41. The van der Waals surface area contributed by atoms with E-state index in [-0.39, 0.29) is 6.54 Å². The predicted molar refractivity (Wildman–Crippen MR) is 52.1 cm³/mol. The molecule has 16 heavy (non-hydrogen) atoms. The highest BCUT2D eigenvalue weighted by Gasteiger charge is 2.51. The quantitative estimate of drug-likeness (QED) is 0.607. The van der Waals surface area contributed by atoms with Crippen molar-refractivity contribution in [3.63, 3.8) is 0 Å². The molecule has 3 N–H and O–H groups in total. The number of carboxylic acids is 1. The first-order valence-corrected chi connectivity index (χ1v) is 5.01. The lowest BCUT2D eigenvalue weighted by molar-refractivity contribution is -0.162. The van der Waals surface area contributed by atoms with Gasteiger partial charge in [0.1, 0.15) is 17.6 Å². The van der Waals surface area contributed by atoms with Gasteiger partial charge in [-0.1, -0.05) is 6.42 Å². The van der Waals surface area contributed by atoms with Gasteiger partial charge in [-0.05, 0) is 12.8 Å². The minimum atomic E-state index is -1.22. The maximum atomic E-state index is 11.7. The molecule has 1 aromatic heterocycles. The van der Waals surface area contributed by atoms with Crippen molar-refractivity contribution in [1.82, 2.24) is 20.5 Å². The number of amides is 1. The van der Waals surface area contributed by atoms with Gasteiger partial charge in [0.05, 0.1) is 6.54 Å². The average Bonchev–Trinajstić information content (AvgIpc) is 2.64. The number of carboxylic acid groups (broad SMARTS) is 1. The predicted octanol–water partition coefficient (Wildman–Crippen LogP) is -0.324. The number of nitrogens with zero attached hydrogens (tertiary/aromatic N) is 2. The molecule has 1 heterocycles. The summed E-state index contributed by atoms with van der Waals surface area (Å²) in [6.07, 6.45) is 2.93. The molecule has 1 amide bonds. The molecule has 1 aromatic rings. The van der Waals surface area contributed by atoms with Gasteiger partial charge in [0, 0.05) is 0 Å². The Morgan fingerprint density at radius 1 is 1.56 bits per heavy atom. The van der Waals surface area contributed by atoms with Crippen LogP contribution in [-0.2, 0) is 16.1 Å². The van der Waals surface area contributed by atoms with Gasteiger partial charge in [-0.3, -0.25) is 14.7 Å². The Morgan fingerprint density at radius 3 is 2.75 bits per heavy atom. The van der Waals surface area contributed by atoms with Crippen molar-refractivity contribution in [3.8, 4) is 0 Å². The lowest BCUT2D eigenvalue weighted by atomic mass is 9.68. The second-order valence-electron chi connectivity index (χ2n) is 3.86. The highest BCUT2D eigenvalue weighted by atomic mass is 16.4. The number of hydrogen-bond donors (Lipinski definition) is 3. The topological polar surface area (TPSA) is 108 Å². The van der Waals surface area contributed by atoms with E-state index < -0.39 is 17.3 Å². The molecule has 1 saturated carbocycles. The first kappa shape index (κ1) is 10.6. The Hall–Kier alpha value is -1.92. The van der Waals surface area contributed by atoms with Gasteiger partial charge in [0.2, 0.25) is 5.91 Å². The number of carbonyl (C=O) groups is 2. The molecule has 7 heteroatoms. The van der Waals surface area contributed by atoms with Gasteiger partial charge in [-0.2, -0.15) is 5.10 Å². The normalized spacial score (nSPS) is 17.5. The number of H-pyrrole nitrogens is 1. The van der Waals surface area contributed by atoms with E-state index >= 15 is 0 Å². The molecule has 0 spiro atoms. The summed E-state index contributed by atoms with van der Waals surface area (Å²) >= 11 is 0. The first-order chi connectivity index (χ1) is 7.65. The van der Waals surface area contributed by atoms with E-state index in [9.17, 15) is 9.59 Å². The fourth-order valence-electron chi connectivity index (χ4n) is 1.72. The van der Waals surface area contributed by atoms with Gasteiger partial charge >= 0.3 is 5.97 Å². The van der Waals surface area contributed by atoms with Crippen molar-refractivity contribution in [1.29, 1.82) is 0 Å². The van der Waals surface area contributed by atoms with Gasteiger partial charge in [-0.25, -0.2) is 4.98 Å². The molecule has 1 aliphatic rings. The number of aromatic amines is 1. The van der Waals surface area contributed by atoms with Crippen molar-refractivity contribution >= 4 is 11.9 Å². The molecule has 0 unspecified atom stereocenters. The number of aromatic nitrogens is 3. The largest absolute Gasteiger partial charge is 0.480 e. The molecule has 0 saturated heterocycles. The minimum absolute atomic E-state index is 0.174. The molecule has 0 aliphatic heterocycles. The van der Waals surface area contributed by atoms with Crippen LogP contribution >= 0.6 is 0 Å². The third-order valence-corrected chi connectivity index (χ3v) is 2.93. The number of carbonyl (C=O) groups excluding carboxylic acids is 1. The van der Waals surface area contributed by atoms with Crippen molar-refractivity contribution in [2.24, 2.45) is 5.41 Å². The molecule has 2 rings (SSSR count). The molecule has 1 fully saturated rings. The summed E-state index contributed by atoms with van der Waals surface area (Å²) in [5, 5.41) is 17.8. The van der Waals surface area contributed by atoms with Crippen LogP contribution in [-0.4, -0.2) is 32.2 Å². The van der Waals surface area contributed by atoms with Crippen molar-refractivity contribution in [2.75, 3.05) is 0 Å². The van der Waals surface area contributed by atoms with Gasteiger partial charge in [-0.15, -0.1) is 0 Å². The number of hydrogen-bond acceptors (Lipinski definition) is 4. The molecule has 86 valence electrons. The molecule has 7 nitrogen and oxygen atoms in total. The summed E-state index contributed by atoms with van der Waals surface area (Å²) in [7, 11) is 0. The Labute approximate surface area is 91.3 Å². The van der Waals surface area contributed by atoms with Gasteiger partial charge < -0.3 is 10.4 Å². The van der Waals surface area contributed by atoms with Crippen molar-refractivity contribution in [3.05, 3.63) is 12.2 Å². The van der Waals surface area contributed by atoms with Crippen LogP contribution in [0.5, 0.6) is 0 Å². The number of rotatable bonds is 4. The lowest BCUT2D eigenvalue weighted by Crippen LogP contribution is -2.50. The van der Waals surface area contributed by atoms with E-state index in [4.69, 9.17) is 5.11 Å². The van der Waals surface area contributed by atoms with Crippen LogP contribution in [0.15, 0.2) is 6.33 Å². The third-order valence-electron chi connectivity index (χ3n) is 2.93. The molecule has 0 atom stereocenters. The van der Waals surface area contributed by atoms with Crippen LogP contribution in [0.2, 0.25) is 0 Å². The Morgan fingerprint density at radius 2 is 2.31 bits per heavy atom. The van der Waals surface area contributed by atoms with E-state index in [1.165, 1.54) is 6.33 Å². The maximum Gasteiger partial charge on any atom is 0.319 e. The second kappa shape index (κ2) is 3.92. The molecule has 1 aliphatic carbocycles. The summed E-state index contributed by atoms with van der Waals surface area (Å²) in [6.45, 7) is 0.174. The number of aliphatic carboxylic acids is 1. The lowest BCUT2D eigenvalue weighted by Gasteiger charge is -2.35. The molecule has 0 radical (unpaired) electrons. The van der Waals surface area contributed by atoms with E-state index in [1.54, 1.807) is 0 Å². The van der Waals surface area contributed by atoms with Crippen LogP contribution in [0.4, 0.5) is 0 Å². The molecule has 0 bridgehead atoms. The van der Waals surface area contributed by atoms with Crippen LogP contribution < -0.4 is 5.32 Å². The maximum absolute atomic E-state index is 11.7. The zero-order valence-corrected chi connectivity index (χ0v) is 8.56.